The average molecular weight is 530 g/mol. The first-order valence-electron chi connectivity index (χ1n) is 12.1. The Balaban J connectivity index is 1.22. The molecular weight excluding hydrogens is 502 g/mol. The van der Waals surface area contributed by atoms with Crippen LogP contribution >= 0.6 is 23.5 Å². The van der Waals surface area contributed by atoms with E-state index < -0.39 is 0 Å². The van der Waals surface area contributed by atoms with Crippen LogP contribution in [0.4, 0.5) is 21.9 Å². The number of amides is 3. The molecule has 0 radical (unpaired) electrons. The molecule has 8 heteroatoms. The number of nitrogens with one attached hydrogen (secondary N) is 2. The Labute approximate surface area is 225 Å². The Morgan fingerprint density at radius 1 is 0.946 bits per heavy atom. The van der Waals surface area contributed by atoms with Gasteiger partial charge in [-0.05, 0) is 61.5 Å². The second kappa shape index (κ2) is 11.6. The van der Waals surface area contributed by atoms with Gasteiger partial charge in [-0.25, -0.2) is 4.79 Å². The van der Waals surface area contributed by atoms with Gasteiger partial charge in [0.25, 0.3) is 0 Å². The summed E-state index contributed by atoms with van der Waals surface area (Å²) in [5.41, 5.74) is 2.31. The van der Waals surface area contributed by atoms with Crippen molar-refractivity contribution in [2.45, 2.75) is 28.0 Å². The molecule has 0 saturated heterocycles. The lowest BCUT2D eigenvalue weighted by Gasteiger charge is -2.40. The van der Waals surface area contributed by atoms with Crippen LogP contribution in [0.3, 0.4) is 0 Å². The number of rotatable bonds is 7. The standard InChI is InChI=1S/C29H27N3O3S2/c1-2-35-22-16-14-20(15-17-22)30-28(33)19-36-23-9-7-8-21(18-23)31-29(34)32-24-10-3-5-12-26(24)37-27-13-6-4-11-25(27)32/h3-18,24,26H,2,19H2,1H3,(H,30,33)(H,31,34). The first-order valence-corrected chi connectivity index (χ1v) is 13.9. The number of nitrogens with zero attached hydrogens (tertiary/aromatic N) is 1. The highest BCUT2D eigenvalue weighted by molar-refractivity contribution is 8.00. The molecule has 3 aromatic carbocycles. The largest absolute Gasteiger partial charge is 0.494 e. The fourth-order valence-electron chi connectivity index (χ4n) is 4.22. The lowest BCUT2D eigenvalue weighted by molar-refractivity contribution is -0.113. The number of benzene rings is 3. The fourth-order valence-corrected chi connectivity index (χ4v) is 6.23. The van der Waals surface area contributed by atoms with Crippen LogP contribution < -0.4 is 20.3 Å². The predicted molar refractivity (Wildman–Crippen MR) is 153 cm³/mol. The van der Waals surface area contributed by atoms with Crippen LogP contribution in [0.5, 0.6) is 5.75 Å². The summed E-state index contributed by atoms with van der Waals surface area (Å²) < 4.78 is 5.43. The number of anilines is 3. The third-order valence-electron chi connectivity index (χ3n) is 5.87. The molecule has 0 saturated carbocycles. The van der Waals surface area contributed by atoms with Crippen LogP contribution in [0, 0.1) is 0 Å². The van der Waals surface area contributed by atoms with Gasteiger partial charge in [0.05, 0.1) is 29.3 Å². The molecule has 0 bridgehead atoms. The smallest absolute Gasteiger partial charge is 0.326 e. The van der Waals surface area contributed by atoms with Crippen LogP contribution in [0.25, 0.3) is 0 Å². The number of allylic oxidation sites excluding steroid dienone is 2. The molecule has 188 valence electrons. The summed E-state index contributed by atoms with van der Waals surface area (Å²) in [4.78, 5) is 29.8. The molecule has 37 heavy (non-hydrogen) atoms. The number of ether oxygens (including phenoxy) is 1. The Kier molecular flexibility index (Phi) is 7.87. The average Bonchev–Trinajstić information content (AvgIpc) is 2.92. The second-order valence-corrected chi connectivity index (χ2v) is 10.7. The lowest BCUT2D eigenvalue weighted by Crippen LogP contribution is -2.49. The first kappa shape index (κ1) is 25.0. The zero-order valence-corrected chi connectivity index (χ0v) is 21.9. The lowest BCUT2D eigenvalue weighted by atomic mass is 10.1. The van der Waals surface area contributed by atoms with E-state index in [-0.39, 0.29) is 29.0 Å². The third kappa shape index (κ3) is 6.03. The van der Waals surface area contributed by atoms with E-state index in [9.17, 15) is 9.59 Å². The number of carbonyl (C=O) groups is 2. The Bertz CT molecular complexity index is 1340. The molecule has 1 aliphatic heterocycles. The van der Waals surface area contributed by atoms with Crippen LogP contribution in [0.2, 0.25) is 0 Å². The minimum absolute atomic E-state index is 0.0613. The van der Waals surface area contributed by atoms with Crippen molar-refractivity contribution < 1.29 is 14.3 Å². The van der Waals surface area contributed by atoms with Gasteiger partial charge in [0.15, 0.2) is 0 Å². The van der Waals surface area contributed by atoms with Crippen molar-refractivity contribution in [3.63, 3.8) is 0 Å². The van der Waals surface area contributed by atoms with Crippen LogP contribution in [-0.2, 0) is 4.79 Å². The van der Waals surface area contributed by atoms with Crippen molar-refractivity contribution in [1.82, 2.24) is 0 Å². The summed E-state index contributed by atoms with van der Waals surface area (Å²) in [6, 6.07) is 22.6. The summed E-state index contributed by atoms with van der Waals surface area (Å²) in [5.74, 6) is 0.920. The minimum Gasteiger partial charge on any atom is -0.494 e. The number of hydrogen-bond donors (Lipinski definition) is 2. The van der Waals surface area contributed by atoms with E-state index in [2.05, 4.69) is 28.9 Å². The molecule has 6 nitrogen and oxygen atoms in total. The van der Waals surface area contributed by atoms with E-state index in [4.69, 9.17) is 4.74 Å². The van der Waals surface area contributed by atoms with Crippen LogP contribution in [0.15, 0.2) is 107 Å². The first-order chi connectivity index (χ1) is 18.1. The van der Waals surface area contributed by atoms with E-state index in [1.54, 1.807) is 11.8 Å². The van der Waals surface area contributed by atoms with E-state index in [1.165, 1.54) is 11.8 Å². The van der Waals surface area contributed by atoms with E-state index in [1.807, 2.05) is 90.7 Å². The Hall–Kier alpha value is -3.62. The maximum atomic E-state index is 13.5. The SMILES string of the molecule is CCOc1ccc(NC(=O)CSc2cccc(NC(=O)N3c4ccccc4SC4C=CC=CC43)c2)cc1. The highest BCUT2D eigenvalue weighted by Crippen LogP contribution is 2.43. The number of para-hydroxylation sites is 1. The highest BCUT2D eigenvalue weighted by Gasteiger charge is 2.36. The highest BCUT2D eigenvalue weighted by atomic mass is 32.2. The van der Waals surface area contributed by atoms with Crippen molar-refractivity contribution in [1.29, 1.82) is 0 Å². The van der Waals surface area contributed by atoms with Crippen molar-refractivity contribution in [2.24, 2.45) is 0 Å². The molecule has 0 fully saturated rings. The summed E-state index contributed by atoms with van der Waals surface area (Å²) in [5, 5.41) is 6.13. The number of fused-ring (bicyclic) bond motifs is 2. The molecular formula is C29H27N3O3S2. The van der Waals surface area contributed by atoms with Gasteiger partial charge < -0.3 is 15.4 Å². The summed E-state index contributed by atoms with van der Waals surface area (Å²) in [6.07, 6.45) is 8.24. The van der Waals surface area contributed by atoms with Gasteiger partial charge in [0.1, 0.15) is 5.75 Å². The summed E-state index contributed by atoms with van der Waals surface area (Å²) in [6.45, 7) is 2.53. The van der Waals surface area contributed by atoms with Gasteiger partial charge in [-0.3, -0.25) is 9.69 Å². The topological polar surface area (TPSA) is 70.7 Å². The van der Waals surface area contributed by atoms with Crippen LogP contribution in [0.1, 0.15) is 6.92 Å². The molecule has 3 aromatic rings. The van der Waals surface area contributed by atoms with Crippen molar-refractivity contribution in [3.8, 4) is 5.75 Å². The molecule has 5 rings (SSSR count). The van der Waals surface area contributed by atoms with Crippen LogP contribution in [-0.4, -0.2) is 35.6 Å². The van der Waals surface area contributed by atoms with E-state index >= 15 is 0 Å². The maximum Gasteiger partial charge on any atom is 0.326 e. The van der Waals surface area contributed by atoms with Gasteiger partial charge in [-0.15, -0.1) is 23.5 Å². The zero-order chi connectivity index (χ0) is 25.6. The molecule has 2 unspecified atom stereocenters. The third-order valence-corrected chi connectivity index (χ3v) is 8.17. The molecule has 1 aliphatic carbocycles. The molecule has 0 aromatic heterocycles. The molecule has 2 aliphatic rings. The van der Waals surface area contributed by atoms with Crippen molar-refractivity contribution >= 4 is 52.5 Å². The number of urea groups is 1. The normalized spacial score (nSPS) is 17.5. The molecule has 0 spiro atoms. The molecule has 2 N–H and O–H groups in total. The predicted octanol–water partition coefficient (Wildman–Crippen LogP) is 6.82. The summed E-state index contributed by atoms with van der Waals surface area (Å²) in [7, 11) is 0. The number of thioether (sulfide) groups is 2. The van der Waals surface area contributed by atoms with Crippen molar-refractivity contribution in [2.75, 3.05) is 27.9 Å². The van der Waals surface area contributed by atoms with E-state index in [0.29, 0.717) is 12.3 Å². The zero-order valence-electron chi connectivity index (χ0n) is 20.3. The molecule has 2 atom stereocenters. The van der Waals surface area contributed by atoms with Crippen molar-refractivity contribution in [3.05, 3.63) is 97.1 Å². The number of carbonyl (C=O) groups excluding carboxylic acids is 2. The monoisotopic (exact) mass is 529 g/mol. The maximum absolute atomic E-state index is 13.5. The Morgan fingerprint density at radius 3 is 2.59 bits per heavy atom. The Morgan fingerprint density at radius 2 is 1.76 bits per heavy atom. The van der Waals surface area contributed by atoms with Gasteiger partial charge in [0, 0.05) is 21.2 Å². The summed E-state index contributed by atoms with van der Waals surface area (Å²) >= 11 is 3.19. The van der Waals surface area contributed by atoms with Gasteiger partial charge >= 0.3 is 6.03 Å². The number of hydrogen-bond acceptors (Lipinski definition) is 5. The van der Waals surface area contributed by atoms with Gasteiger partial charge in [-0.2, -0.15) is 0 Å². The van der Waals surface area contributed by atoms with Gasteiger partial charge in [-0.1, -0.05) is 42.5 Å². The second-order valence-electron chi connectivity index (χ2n) is 8.43. The van der Waals surface area contributed by atoms with E-state index in [0.717, 1.165) is 26.9 Å². The van der Waals surface area contributed by atoms with Gasteiger partial charge in [0.2, 0.25) is 5.91 Å². The molecule has 3 amide bonds. The molecule has 1 heterocycles. The minimum atomic E-state index is -0.182. The quantitative estimate of drug-likeness (QED) is 0.329. The fraction of sp³-hybridized carbons (Fsp3) is 0.172.